The quantitative estimate of drug-likeness (QED) is 0.121. The Hall–Kier alpha value is -2.47. The van der Waals surface area contributed by atoms with Crippen LogP contribution in [0.2, 0.25) is 0 Å². The zero-order chi connectivity index (χ0) is 28.7. The molecule has 0 N–H and O–H groups in total. The molecule has 4 rings (SSSR count). The Balaban J connectivity index is 1.61. The van der Waals surface area contributed by atoms with Gasteiger partial charge in [-0.3, -0.25) is 0 Å². The topological polar surface area (TPSA) is 0 Å². The van der Waals surface area contributed by atoms with Crippen molar-refractivity contribution in [2.75, 3.05) is 6.16 Å². The zero-order valence-corrected chi connectivity index (χ0v) is 27.5. The van der Waals surface area contributed by atoms with Crippen molar-refractivity contribution < 1.29 is 0 Å². The molecule has 1 aliphatic carbocycles. The summed E-state index contributed by atoms with van der Waals surface area (Å²) in [6.45, 7) is 11.7. The molecule has 2 heteroatoms. The van der Waals surface area contributed by atoms with Crippen molar-refractivity contribution in [2.45, 2.75) is 66.7 Å². The molecule has 0 nitrogen and oxygen atoms in total. The van der Waals surface area contributed by atoms with E-state index in [9.17, 15) is 0 Å². The fourth-order valence-electron chi connectivity index (χ4n) is 6.36. The summed E-state index contributed by atoms with van der Waals surface area (Å²) in [5.74, 6) is 0. The average molecular weight is 614 g/mol. The molecule has 0 saturated heterocycles. The second-order valence-corrected chi connectivity index (χ2v) is 21.2. The van der Waals surface area contributed by atoms with Gasteiger partial charge in [-0.1, -0.05) is 0 Å². The Morgan fingerprint density at radius 1 is 0.825 bits per heavy atom. The Morgan fingerprint density at radius 2 is 1.32 bits per heavy atom. The minimum Gasteiger partial charge on any atom is -0.0487 e. The van der Waals surface area contributed by atoms with Crippen LogP contribution in [0, 0.1) is 5.41 Å². The third-order valence-corrected chi connectivity index (χ3v) is 18.4. The molecule has 0 spiro atoms. The van der Waals surface area contributed by atoms with Gasteiger partial charge in [0.25, 0.3) is 0 Å². The molecule has 210 valence electrons. The number of hydrogen-bond donors (Lipinski definition) is 0. The van der Waals surface area contributed by atoms with Crippen LogP contribution < -0.4 is 15.9 Å². The van der Waals surface area contributed by atoms with Crippen LogP contribution in [0.15, 0.2) is 138 Å². The summed E-state index contributed by atoms with van der Waals surface area (Å²) in [4.78, 5) is 0. The average Bonchev–Trinajstić information content (AvgIpc) is 2.97. The third kappa shape index (κ3) is 6.53. The molecule has 3 aromatic rings. The predicted molar refractivity (Wildman–Crippen MR) is 185 cm³/mol. The van der Waals surface area contributed by atoms with Crippen LogP contribution in [0.25, 0.3) is 0 Å². The molecule has 0 fully saturated rings. The second-order valence-electron chi connectivity index (χ2n) is 12.2. The van der Waals surface area contributed by atoms with Gasteiger partial charge in [-0.05, 0) is 6.42 Å². The summed E-state index contributed by atoms with van der Waals surface area (Å²) >= 11 is 4.56. The summed E-state index contributed by atoms with van der Waals surface area (Å²) < 4.78 is 0. The van der Waals surface area contributed by atoms with Crippen LogP contribution in [-0.4, -0.2) is 6.16 Å². The fourth-order valence-corrected chi connectivity index (χ4v) is 13.5. The van der Waals surface area contributed by atoms with E-state index in [1.54, 1.807) is 11.1 Å². The second kappa shape index (κ2) is 13.0. The summed E-state index contributed by atoms with van der Waals surface area (Å²) in [6.07, 6.45) is 16.4. The van der Waals surface area contributed by atoms with Gasteiger partial charge in [-0.25, -0.2) is 0 Å². The van der Waals surface area contributed by atoms with Crippen LogP contribution >= 0.6 is 20.8 Å². The number of allylic oxidation sites excluding steroid dienone is 8. The maximum atomic E-state index is 4.56. The van der Waals surface area contributed by atoms with Crippen LogP contribution in [0.5, 0.6) is 0 Å². The summed E-state index contributed by atoms with van der Waals surface area (Å²) in [5.41, 5.74) is 6.41. The van der Waals surface area contributed by atoms with Crippen molar-refractivity contribution in [1.29, 1.82) is 0 Å². The molecule has 0 saturated carbocycles. The van der Waals surface area contributed by atoms with Crippen molar-refractivity contribution in [1.82, 2.24) is 0 Å². The normalized spacial score (nSPS) is 17.6. The van der Waals surface area contributed by atoms with Gasteiger partial charge >= 0.3 is 246 Å². The van der Waals surface area contributed by atoms with E-state index in [1.165, 1.54) is 52.7 Å². The fraction of sp³-hybridized carbons (Fsp3) is 0.316. The SMILES string of the molecule is CC1=C(CC/C(C)=C/C=C/C(C)=C/CP(Br)(c2ccccc2)(c2ccccc2)c2ccccc2)C(C)(C)CCC1. The monoisotopic (exact) mass is 612 g/mol. The standard InChI is InChI=1S/C38H46BrP/c1-31(26-27-37-33(3)19-16-29-38(37,4)5)17-15-18-32(2)28-30-40(39,34-20-9-6-10-21-34,35-22-11-7-12-23-35)36-24-13-8-14-25-36/h6-15,17-18,20-25,28H,16,19,26-27,29-30H2,1-5H3/b18-15+,31-17+,32-28+. The summed E-state index contributed by atoms with van der Waals surface area (Å²) in [6, 6.07) is 33.1. The van der Waals surface area contributed by atoms with E-state index in [0.717, 1.165) is 12.6 Å². The minimum absolute atomic E-state index is 0.357. The van der Waals surface area contributed by atoms with Crippen molar-refractivity contribution in [3.63, 3.8) is 0 Å². The van der Waals surface area contributed by atoms with Crippen LogP contribution in [0.3, 0.4) is 0 Å². The Kier molecular flexibility index (Phi) is 9.92. The molecular formula is C38H46BrP. The third-order valence-electron chi connectivity index (χ3n) is 8.83. The van der Waals surface area contributed by atoms with Crippen LogP contribution in [0.1, 0.15) is 66.7 Å². The van der Waals surface area contributed by atoms with E-state index in [0.29, 0.717) is 5.41 Å². The van der Waals surface area contributed by atoms with Gasteiger partial charge in [0.15, 0.2) is 0 Å². The van der Waals surface area contributed by atoms with Crippen molar-refractivity contribution in [2.24, 2.45) is 5.41 Å². The molecule has 0 heterocycles. The molecule has 3 aromatic carbocycles. The summed E-state index contributed by atoms with van der Waals surface area (Å²) in [7, 11) is 0. The first-order valence-electron chi connectivity index (χ1n) is 14.7. The first-order chi connectivity index (χ1) is 19.1. The molecule has 0 aromatic heterocycles. The van der Waals surface area contributed by atoms with Gasteiger partial charge in [0.1, 0.15) is 0 Å². The zero-order valence-electron chi connectivity index (χ0n) is 25.0. The Bertz CT molecular complexity index is 1290. The number of halogens is 1. The molecule has 0 aliphatic heterocycles. The molecule has 40 heavy (non-hydrogen) atoms. The van der Waals surface area contributed by atoms with Gasteiger partial charge in [0, 0.05) is 0 Å². The van der Waals surface area contributed by atoms with Crippen molar-refractivity contribution in [3.8, 4) is 0 Å². The van der Waals surface area contributed by atoms with E-state index in [-0.39, 0.29) is 0 Å². The molecule has 0 unspecified atom stereocenters. The van der Waals surface area contributed by atoms with E-state index in [4.69, 9.17) is 0 Å². The Labute approximate surface area is 251 Å². The summed E-state index contributed by atoms with van der Waals surface area (Å²) in [5, 5.41) is 1.12. The predicted octanol–water partition coefficient (Wildman–Crippen LogP) is 10.6. The molecule has 0 bridgehead atoms. The smallest absolute Gasteiger partial charge is 0.0487 e. The van der Waals surface area contributed by atoms with E-state index >= 15 is 0 Å². The van der Waals surface area contributed by atoms with Crippen molar-refractivity contribution in [3.05, 3.63) is 138 Å². The first-order valence-corrected chi connectivity index (χ1v) is 19.2. The van der Waals surface area contributed by atoms with Gasteiger partial charge in [0.2, 0.25) is 0 Å². The Morgan fingerprint density at radius 3 is 1.80 bits per heavy atom. The van der Waals surface area contributed by atoms with Crippen molar-refractivity contribution >= 4 is 36.7 Å². The van der Waals surface area contributed by atoms with Gasteiger partial charge in [-0.15, -0.1) is 0 Å². The van der Waals surface area contributed by atoms with Crippen LogP contribution in [-0.2, 0) is 0 Å². The van der Waals surface area contributed by atoms with Crippen LogP contribution in [0.4, 0.5) is 0 Å². The van der Waals surface area contributed by atoms with Gasteiger partial charge in [-0.2, -0.15) is 0 Å². The van der Waals surface area contributed by atoms with E-state index in [1.807, 2.05) is 0 Å². The number of rotatable bonds is 10. The minimum atomic E-state index is -2.94. The first kappa shape index (κ1) is 30.5. The number of benzene rings is 3. The molecule has 0 atom stereocenters. The molecule has 0 amide bonds. The maximum absolute atomic E-state index is 4.56. The van der Waals surface area contributed by atoms with E-state index in [2.05, 4.69) is 165 Å². The van der Waals surface area contributed by atoms with Gasteiger partial charge in [0.05, 0.1) is 0 Å². The molecular weight excluding hydrogens is 567 g/mol. The molecule has 0 radical (unpaired) electrons. The molecule has 1 aliphatic rings. The van der Waals surface area contributed by atoms with Gasteiger partial charge < -0.3 is 0 Å². The number of hydrogen-bond acceptors (Lipinski definition) is 0. The van der Waals surface area contributed by atoms with E-state index < -0.39 is 5.31 Å².